The van der Waals surface area contributed by atoms with E-state index in [1.54, 1.807) is 16.5 Å². The number of allylic oxidation sites excluding steroid dienone is 4. The quantitative estimate of drug-likeness (QED) is 0.198. The summed E-state index contributed by atoms with van der Waals surface area (Å²) in [5.41, 5.74) is 10.3. The maximum atomic E-state index is 2.52. The molecular weight excluding hydrogens is 643 g/mol. The van der Waals surface area contributed by atoms with E-state index in [4.69, 9.17) is 0 Å². The number of rotatable bonds is 9. The average Bonchev–Trinajstić information content (AvgIpc) is 3.69. The average molecular weight is 684 g/mol. The summed E-state index contributed by atoms with van der Waals surface area (Å²) in [5.74, 6) is 0. The predicted molar refractivity (Wildman–Crippen MR) is 177 cm³/mol. The molecular formula is C40H41Cl2Zr-. The van der Waals surface area contributed by atoms with E-state index in [9.17, 15) is 0 Å². The first-order chi connectivity index (χ1) is 20.2. The summed E-state index contributed by atoms with van der Waals surface area (Å²) >= 11 is 1.46. The fraction of sp³-hybridized carbons (Fsp3) is 0.250. The molecule has 0 fully saturated rings. The normalized spacial score (nSPS) is 11.9. The third kappa shape index (κ3) is 7.99. The Bertz CT molecular complexity index is 1650. The molecule has 220 valence electrons. The molecule has 1 aliphatic carbocycles. The van der Waals surface area contributed by atoms with Crippen LogP contribution < -0.4 is 24.8 Å². The number of hydrogen-bond acceptors (Lipinski definition) is 0. The van der Waals surface area contributed by atoms with E-state index in [-0.39, 0.29) is 24.8 Å². The van der Waals surface area contributed by atoms with Gasteiger partial charge in [-0.2, -0.15) is 0 Å². The topological polar surface area (TPSA) is 0 Å². The van der Waals surface area contributed by atoms with Crippen LogP contribution >= 0.6 is 0 Å². The van der Waals surface area contributed by atoms with Gasteiger partial charge in [0.1, 0.15) is 0 Å². The maximum absolute atomic E-state index is 2.52. The van der Waals surface area contributed by atoms with E-state index in [1.165, 1.54) is 110 Å². The zero-order valence-corrected chi connectivity index (χ0v) is 29.6. The molecule has 0 aliphatic heterocycles. The SMILES string of the molecule is CCCc1cc(C2=CC=CC2)c2[cH-]c3cccc(CCC)c3c2c1CCC.[Cl-].[Cl-].[Zr+2]=[C](c1ccccc1)c1ccccc1. The standard InChI is InChI=1S/C27H31.C13H10.2ClH.Zr/c1-4-10-20-15-9-16-22-18-25-24(19-13-7-8-14-19)17-21(11-5-2)23(12-6-3)27(25)26(20)22;1-3-7-12(8-4-1)11-13-9-5-2-6-10-13;;;/h7-9,13,15-18H,4-6,10-12,14H2,1-3H3;1-10H;2*1H;/q-1;;;;+2/p-2. The molecule has 0 unspecified atom stereocenters. The zero-order chi connectivity index (χ0) is 28.6. The number of halogens is 2. The molecule has 0 atom stereocenters. The van der Waals surface area contributed by atoms with Gasteiger partial charge in [0.2, 0.25) is 0 Å². The summed E-state index contributed by atoms with van der Waals surface area (Å²) in [4.78, 5) is 0. The van der Waals surface area contributed by atoms with Crippen LogP contribution in [0.15, 0.2) is 109 Å². The van der Waals surface area contributed by atoms with Crippen molar-refractivity contribution in [2.75, 3.05) is 0 Å². The van der Waals surface area contributed by atoms with Crippen LogP contribution in [0, 0.1) is 0 Å². The summed E-state index contributed by atoms with van der Waals surface area (Å²) in [7, 11) is 0. The Balaban J connectivity index is 0.000000269. The van der Waals surface area contributed by atoms with Crippen LogP contribution in [0.2, 0.25) is 0 Å². The number of benzene rings is 4. The molecule has 0 aromatic heterocycles. The van der Waals surface area contributed by atoms with Crippen LogP contribution in [0.1, 0.15) is 79.8 Å². The van der Waals surface area contributed by atoms with Crippen molar-refractivity contribution in [3.8, 4) is 0 Å². The van der Waals surface area contributed by atoms with Crippen LogP contribution in [-0.4, -0.2) is 3.21 Å². The summed E-state index contributed by atoms with van der Waals surface area (Å²) < 4.78 is 1.42. The fourth-order valence-electron chi connectivity index (χ4n) is 6.23. The Morgan fingerprint density at radius 1 is 0.698 bits per heavy atom. The Hall–Kier alpha value is -2.44. The second-order valence-electron chi connectivity index (χ2n) is 11.1. The van der Waals surface area contributed by atoms with Crippen molar-refractivity contribution in [2.24, 2.45) is 0 Å². The molecule has 5 aromatic carbocycles. The number of aryl methyl sites for hydroxylation is 3. The van der Waals surface area contributed by atoms with Crippen molar-refractivity contribution in [3.05, 3.63) is 143 Å². The van der Waals surface area contributed by atoms with Crippen molar-refractivity contribution in [3.63, 3.8) is 0 Å². The van der Waals surface area contributed by atoms with Crippen LogP contribution in [0.3, 0.4) is 0 Å². The Kier molecular flexibility index (Phi) is 14.0. The summed E-state index contributed by atoms with van der Waals surface area (Å²) in [6, 6.07) is 33.0. The first-order valence-electron chi connectivity index (χ1n) is 15.4. The van der Waals surface area contributed by atoms with Crippen LogP contribution in [0.25, 0.3) is 27.1 Å². The van der Waals surface area contributed by atoms with Gasteiger partial charge < -0.3 is 24.8 Å². The number of fused-ring (bicyclic) bond motifs is 3. The summed E-state index contributed by atoms with van der Waals surface area (Å²) in [5, 5.41) is 6.00. The molecule has 5 aromatic rings. The van der Waals surface area contributed by atoms with Gasteiger partial charge in [-0.3, -0.25) is 0 Å². The first-order valence-corrected chi connectivity index (χ1v) is 16.6. The molecule has 0 nitrogen and oxygen atoms in total. The molecule has 1 aliphatic rings. The molecule has 0 amide bonds. The van der Waals surface area contributed by atoms with Crippen molar-refractivity contribution < 1.29 is 49.0 Å². The van der Waals surface area contributed by atoms with E-state index >= 15 is 0 Å². The van der Waals surface area contributed by atoms with Crippen molar-refractivity contribution >= 4 is 30.3 Å². The van der Waals surface area contributed by atoms with E-state index in [0.29, 0.717) is 0 Å². The van der Waals surface area contributed by atoms with Gasteiger partial charge in [-0.05, 0) is 25.7 Å². The first kappa shape index (κ1) is 35.0. The minimum absolute atomic E-state index is 0. The van der Waals surface area contributed by atoms with Gasteiger partial charge in [-0.1, -0.05) is 104 Å². The van der Waals surface area contributed by atoms with E-state index in [1.807, 2.05) is 0 Å². The monoisotopic (exact) mass is 681 g/mol. The second kappa shape index (κ2) is 17.2. The molecule has 0 heterocycles. The number of hydrogen-bond donors (Lipinski definition) is 0. The summed E-state index contributed by atoms with van der Waals surface area (Å²) in [6.07, 6.45) is 15.0. The van der Waals surface area contributed by atoms with E-state index < -0.39 is 0 Å². The molecule has 0 saturated heterocycles. The predicted octanol–water partition coefficient (Wildman–Crippen LogP) is 4.72. The minimum atomic E-state index is 0. The summed E-state index contributed by atoms with van der Waals surface area (Å²) in [6.45, 7) is 6.92. The molecule has 43 heavy (non-hydrogen) atoms. The molecule has 0 N–H and O–H groups in total. The van der Waals surface area contributed by atoms with Gasteiger partial charge in [0.05, 0.1) is 0 Å². The van der Waals surface area contributed by atoms with Gasteiger partial charge >= 0.3 is 99.2 Å². The molecule has 0 spiro atoms. The molecule has 6 rings (SSSR count). The Labute approximate surface area is 285 Å². The third-order valence-electron chi connectivity index (χ3n) is 8.08. The van der Waals surface area contributed by atoms with Gasteiger partial charge in [-0.15, -0.1) is 33.7 Å². The van der Waals surface area contributed by atoms with Crippen LogP contribution in [-0.2, 0) is 43.5 Å². The molecule has 0 bridgehead atoms. The van der Waals surface area contributed by atoms with Gasteiger partial charge in [-0.25, -0.2) is 0 Å². The Morgan fingerprint density at radius 3 is 1.86 bits per heavy atom. The second-order valence-corrected chi connectivity index (χ2v) is 12.3. The fourth-order valence-corrected chi connectivity index (χ4v) is 7.05. The molecule has 0 radical (unpaired) electrons. The van der Waals surface area contributed by atoms with Crippen molar-refractivity contribution in [1.82, 2.24) is 0 Å². The Morgan fingerprint density at radius 2 is 1.30 bits per heavy atom. The van der Waals surface area contributed by atoms with Gasteiger partial charge in [0.25, 0.3) is 0 Å². The van der Waals surface area contributed by atoms with E-state index in [0.717, 1.165) is 6.42 Å². The van der Waals surface area contributed by atoms with Crippen molar-refractivity contribution in [1.29, 1.82) is 0 Å². The van der Waals surface area contributed by atoms with E-state index in [2.05, 4.69) is 130 Å². The molecule has 3 heteroatoms. The van der Waals surface area contributed by atoms with Crippen molar-refractivity contribution in [2.45, 2.75) is 65.7 Å². The van der Waals surface area contributed by atoms with Gasteiger partial charge in [0, 0.05) is 0 Å². The third-order valence-corrected chi connectivity index (χ3v) is 9.50. The zero-order valence-electron chi connectivity index (χ0n) is 25.6. The molecule has 0 saturated carbocycles. The van der Waals surface area contributed by atoms with Crippen LogP contribution in [0.5, 0.6) is 0 Å². The van der Waals surface area contributed by atoms with Crippen LogP contribution in [0.4, 0.5) is 0 Å². The van der Waals surface area contributed by atoms with Gasteiger partial charge in [0.15, 0.2) is 0 Å².